The molecule has 1 amide bonds. The molecule has 18 heavy (non-hydrogen) atoms. The van der Waals surface area contributed by atoms with E-state index < -0.39 is 11.9 Å². The van der Waals surface area contributed by atoms with Crippen LogP contribution in [0.2, 0.25) is 0 Å². The van der Waals surface area contributed by atoms with E-state index in [4.69, 9.17) is 15.7 Å². The third-order valence-corrected chi connectivity index (χ3v) is 2.86. The smallest absolute Gasteiger partial charge is 0.257 e. The number of primary amides is 1. The summed E-state index contributed by atoms with van der Waals surface area (Å²) in [6.45, 7) is 1.49. The molecule has 2 rings (SSSR count). The molecule has 1 radical (unpaired) electrons. The number of hydrogen-bond donors (Lipinski definition) is 1. The van der Waals surface area contributed by atoms with Crippen LogP contribution >= 0.6 is 0 Å². The monoisotopic (exact) mass is 248 g/mol. The van der Waals surface area contributed by atoms with Gasteiger partial charge in [0.05, 0.1) is 18.0 Å². The molecule has 2 N–H and O–H groups in total. The van der Waals surface area contributed by atoms with Crippen LogP contribution in [0.3, 0.4) is 0 Å². The summed E-state index contributed by atoms with van der Waals surface area (Å²) in [5.74, 6) is -0.335. The maximum absolute atomic E-state index is 11.0. The molecule has 0 unspecified atom stereocenters. The van der Waals surface area contributed by atoms with E-state index in [2.05, 4.69) is 10.3 Å². The van der Waals surface area contributed by atoms with Crippen LogP contribution < -0.4 is 5.73 Å². The molecule has 1 saturated heterocycles. The minimum atomic E-state index is -1.10. The van der Waals surface area contributed by atoms with Crippen molar-refractivity contribution in [3.05, 3.63) is 18.3 Å². The van der Waals surface area contributed by atoms with Crippen molar-refractivity contribution in [3.63, 3.8) is 0 Å². The molecule has 1 aromatic heterocycles. The van der Waals surface area contributed by atoms with Crippen LogP contribution in [0, 0.1) is 23.7 Å². The SMILES string of the molecule is N#C[C@H](C(N)=O)n1cc([CH]C2CCOCC2)nn1. The standard InChI is InChI=1S/C11H14N5O2/c12-6-10(11(13)17)16-7-9(14-15-16)5-8-1-3-18-4-2-8/h5,7-8,10H,1-4H2,(H2,13,17)/t10-/m1/s1. The second kappa shape index (κ2) is 5.60. The zero-order valence-corrected chi connectivity index (χ0v) is 9.82. The lowest BCUT2D eigenvalue weighted by atomic mass is 9.95. The fourth-order valence-electron chi connectivity index (χ4n) is 1.87. The van der Waals surface area contributed by atoms with Crippen molar-refractivity contribution < 1.29 is 9.53 Å². The highest BCUT2D eigenvalue weighted by molar-refractivity contribution is 5.80. The summed E-state index contributed by atoms with van der Waals surface area (Å²) in [6, 6.07) is 0.684. The van der Waals surface area contributed by atoms with Crippen LogP contribution in [0.25, 0.3) is 0 Å². The summed E-state index contributed by atoms with van der Waals surface area (Å²) in [5.41, 5.74) is 5.75. The normalized spacial score (nSPS) is 18.2. The van der Waals surface area contributed by atoms with Gasteiger partial charge in [0, 0.05) is 19.6 Å². The topological polar surface area (TPSA) is 107 Å². The lowest BCUT2D eigenvalue weighted by Gasteiger charge is -2.20. The van der Waals surface area contributed by atoms with Crippen molar-refractivity contribution in [2.75, 3.05) is 13.2 Å². The molecule has 0 saturated carbocycles. The maximum atomic E-state index is 11.0. The molecule has 0 spiro atoms. The highest BCUT2D eigenvalue weighted by atomic mass is 16.5. The summed E-state index contributed by atoms with van der Waals surface area (Å²) < 4.78 is 6.45. The van der Waals surface area contributed by atoms with Gasteiger partial charge in [-0.05, 0) is 18.8 Å². The van der Waals surface area contributed by atoms with Crippen molar-refractivity contribution in [1.29, 1.82) is 5.26 Å². The Kier molecular flexibility index (Phi) is 3.89. The molecule has 1 aromatic rings. The van der Waals surface area contributed by atoms with Gasteiger partial charge >= 0.3 is 0 Å². The minimum Gasteiger partial charge on any atom is -0.381 e. The Hall–Kier alpha value is -1.94. The zero-order valence-electron chi connectivity index (χ0n) is 9.82. The number of carbonyl (C=O) groups is 1. The lowest BCUT2D eigenvalue weighted by molar-refractivity contribution is -0.119. The predicted molar refractivity (Wildman–Crippen MR) is 60.8 cm³/mol. The molecule has 0 aromatic carbocycles. The molecule has 0 bridgehead atoms. The van der Waals surface area contributed by atoms with Crippen LogP contribution in [-0.4, -0.2) is 34.1 Å². The van der Waals surface area contributed by atoms with Gasteiger partial charge in [0.15, 0.2) is 0 Å². The summed E-state index contributed by atoms with van der Waals surface area (Å²) in [5, 5.41) is 16.5. The van der Waals surface area contributed by atoms with E-state index in [1.807, 2.05) is 6.42 Å². The summed E-state index contributed by atoms with van der Waals surface area (Å²) in [6.07, 6.45) is 5.45. The summed E-state index contributed by atoms with van der Waals surface area (Å²) >= 11 is 0. The van der Waals surface area contributed by atoms with Gasteiger partial charge in [0.25, 0.3) is 5.91 Å². The van der Waals surface area contributed by atoms with Crippen molar-refractivity contribution >= 4 is 5.91 Å². The van der Waals surface area contributed by atoms with Crippen molar-refractivity contribution in [2.45, 2.75) is 18.9 Å². The fourth-order valence-corrected chi connectivity index (χ4v) is 1.87. The molecule has 1 aliphatic heterocycles. The highest BCUT2D eigenvalue weighted by Crippen LogP contribution is 2.20. The number of carbonyl (C=O) groups excluding carboxylic acids is 1. The van der Waals surface area contributed by atoms with Gasteiger partial charge in [-0.2, -0.15) is 5.26 Å². The molecule has 95 valence electrons. The molecule has 7 heteroatoms. The van der Waals surface area contributed by atoms with E-state index in [9.17, 15) is 4.79 Å². The molecule has 1 aliphatic rings. The predicted octanol–water partition coefficient (Wildman–Crippen LogP) is -0.193. The minimum absolute atomic E-state index is 0.401. The second-order valence-electron chi connectivity index (χ2n) is 4.17. The molecular weight excluding hydrogens is 234 g/mol. The van der Waals surface area contributed by atoms with Gasteiger partial charge in [-0.3, -0.25) is 4.79 Å². The van der Waals surface area contributed by atoms with Crippen LogP contribution in [-0.2, 0) is 9.53 Å². The fraction of sp³-hybridized carbons (Fsp3) is 0.545. The molecule has 1 atom stereocenters. The van der Waals surface area contributed by atoms with Crippen LogP contribution in [0.15, 0.2) is 6.20 Å². The first-order valence-corrected chi connectivity index (χ1v) is 5.74. The number of hydrogen-bond acceptors (Lipinski definition) is 5. The van der Waals surface area contributed by atoms with Gasteiger partial charge in [-0.1, -0.05) is 5.21 Å². The number of aromatic nitrogens is 3. The summed E-state index contributed by atoms with van der Waals surface area (Å²) in [7, 11) is 0. The number of nitrogens with zero attached hydrogens (tertiary/aromatic N) is 4. The Labute approximate surface area is 105 Å². The van der Waals surface area contributed by atoms with Gasteiger partial charge in [0.1, 0.15) is 0 Å². The van der Waals surface area contributed by atoms with Gasteiger partial charge in [-0.15, -0.1) is 5.10 Å². The van der Waals surface area contributed by atoms with Crippen LogP contribution in [0.4, 0.5) is 0 Å². The third kappa shape index (κ3) is 2.84. The Morgan fingerprint density at radius 1 is 1.67 bits per heavy atom. The number of amides is 1. The van der Waals surface area contributed by atoms with Crippen molar-refractivity contribution in [2.24, 2.45) is 11.7 Å². The largest absolute Gasteiger partial charge is 0.381 e. The van der Waals surface area contributed by atoms with Gasteiger partial charge in [0.2, 0.25) is 6.04 Å². The highest BCUT2D eigenvalue weighted by Gasteiger charge is 2.20. The van der Waals surface area contributed by atoms with E-state index >= 15 is 0 Å². The number of rotatable bonds is 4. The molecule has 7 nitrogen and oxygen atoms in total. The maximum Gasteiger partial charge on any atom is 0.257 e. The average molecular weight is 248 g/mol. The van der Waals surface area contributed by atoms with Crippen molar-refractivity contribution in [1.82, 2.24) is 15.0 Å². The molecular formula is C11H14N5O2. The first kappa shape index (κ1) is 12.5. The lowest BCUT2D eigenvalue weighted by Crippen LogP contribution is -2.25. The van der Waals surface area contributed by atoms with E-state index in [0.29, 0.717) is 11.6 Å². The second-order valence-corrected chi connectivity index (χ2v) is 4.17. The van der Waals surface area contributed by atoms with Crippen molar-refractivity contribution in [3.8, 4) is 6.07 Å². The summed E-state index contributed by atoms with van der Waals surface area (Å²) in [4.78, 5) is 11.0. The van der Waals surface area contributed by atoms with Gasteiger partial charge in [-0.25, -0.2) is 4.68 Å². The van der Waals surface area contributed by atoms with Crippen LogP contribution in [0.1, 0.15) is 24.6 Å². The van der Waals surface area contributed by atoms with Crippen LogP contribution in [0.5, 0.6) is 0 Å². The third-order valence-electron chi connectivity index (χ3n) is 2.86. The Balaban J connectivity index is 2.01. The number of ether oxygens (including phenoxy) is 1. The Morgan fingerprint density at radius 3 is 3.00 bits per heavy atom. The number of nitrogens with two attached hydrogens (primary N) is 1. The molecule has 1 fully saturated rings. The van der Waals surface area contributed by atoms with E-state index in [-0.39, 0.29) is 0 Å². The van der Waals surface area contributed by atoms with E-state index in [1.54, 1.807) is 12.3 Å². The average Bonchev–Trinajstić information content (AvgIpc) is 2.79. The zero-order chi connectivity index (χ0) is 13.0. The van der Waals surface area contributed by atoms with E-state index in [1.165, 1.54) is 4.68 Å². The molecule has 2 heterocycles. The first-order valence-electron chi connectivity index (χ1n) is 5.74. The molecule has 0 aliphatic carbocycles. The van der Waals surface area contributed by atoms with E-state index in [0.717, 1.165) is 26.1 Å². The van der Waals surface area contributed by atoms with Gasteiger partial charge < -0.3 is 10.5 Å². The Morgan fingerprint density at radius 2 is 2.39 bits per heavy atom. The Bertz CT molecular complexity index is 458. The first-order chi connectivity index (χ1) is 8.70. The quantitative estimate of drug-likeness (QED) is 0.794. The number of nitriles is 1.